The number of carbonyl (C=O) groups is 3. The molecule has 3 amide bonds. The van der Waals surface area contributed by atoms with E-state index in [1.807, 2.05) is 17.5 Å². The maximum atomic E-state index is 13.2. The lowest BCUT2D eigenvalue weighted by molar-refractivity contribution is -0.133. The van der Waals surface area contributed by atoms with Crippen molar-refractivity contribution < 1.29 is 14.4 Å². The largest absolute Gasteiger partial charge is 0.351 e. The Morgan fingerprint density at radius 3 is 2.68 bits per heavy atom. The van der Waals surface area contributed by atoms with Gasteiger partial charge in [-0.3, -0.25) is 19.1 Å². The monoisotopic (exact) mass is 443 g/mol. The number of fused-ring (bicyclic) bond motifs is 1. The van der Waals surface area contributed by atoms with Crippen molar-refractivity contribution in [2.24, 2.45) is 0 Å². The van der Waals surface area contributed by atoms with Crippen molar-refractivity contribution in [1.29, 1.82) is 0 Å². The van der Waals surface area contributed by atoms with E-state index in [0.29, 0.717) is 12.2 Å². The van der Waals surface area contributed by atoms with Gasteiger partial charge in [0.05, 0.1) is 13.1 Å². The van der Waals surface area contributed by atoms with Gasteiger partial charge in [0.2, 0.25) is 5.91 Å². The normalized spacial score (nSPS) is 22.0. The fraction of sp³-hybridized carbons (Fsp3) is 0.545. The van der Waals surface area contributed by atoms with Gasteiger partial charge in [0.1, 0.15) is 11.2 Å². The van der Waals surface area contributed by atoms with Crippen LogP contribution in [0, 0.1) is 0 Å². The zero-order chi connectivity index (χ0) is 22.0. The van der Waals surface area contributed by atoms with Crippen molar-refractivity contribution in [3.63, 3.8) is 0 Å². The Bertz CT molecular complexity index is 962. The third-order valence-corrected chi connectivity index (χ3v) is 7.29. The first-order valence-electron chi connectivity index (χ1n) is 10.9. The van der Waals surface area contributed by atoms with Gasteiger partial charge in [-0.25, -0.2) is 0 Å². The molecule has 1 aliphatic carbocycles. The Morgan fingerprint density at radius 1 is 1.26 bits per heavy atom. The van der Waals surface area contributed by atoms with Gasteiger partial charge in [0.15, 0.2) is 5.69 Å². The van der Waals surface area contributed by atoms with Crippen molar-refractivity contribution in [3.8, 4) is 0 Å². The van der Waals surface area contributed by atoms with E-state index >= 15 is 0 Å². The van der Waals surface area contributed by atoms with Gasteiger partial charge in [-0.1, -0.05) is 31.7 Å². The summed E-state index contributed by atoms with van der Waals surface area (Å²) < 4.78 is 1.50. The average molecular weight is 444 g/mol. The summed E-state index contributed by atoms with van der Waals surface area (Å²) in [6, 6.07) is 5.52. The van der Waals surface area contributed by atoms with Gasteiger partial charge in [0.25, 0.3) is 11.8 Å². The topological polar surface area (TPSA) is 96.3 Å². The molecule has 1 atom stereocenters. The number of nitrogens with one attached hydrogen (secondary N) is 2. The molecule has 8 nitrogen and oxygen atoms in total. The first-order valence-corrected chi connectivity index (χ1v) is 11.7. The Labute approximate surface area is 186 Å². The lowest BCUT2D eigenvalue weighted by atomic mass is 9.95. The number of likely N-dealkylation sites (N-methyl/N-ethyl adjacent to an activating group) is 1. The summed E-state index contributed by atoms with van der Waals surface area (Å²) in [5.41, 5.74) is -0.558. The van der Waals surface area contributed by atoms with Gasteiger partial charge < -0.3 is 15.5 Å². The molecule has 2 aromatic heterocycles. The number of aromatic nitrogens is 2. The van der Waals surface area contributed by atoms with E-state index in [4.69, 9.17) is 0 Å². The molecule has 4 rings (SSSR count). The first kappa shape index (κ1) is 21.5. The van der Waals surface area contributed by atoms with Crippen LogP contribution in [-0.2, 0) is 17.9 Å². The molecule has 3 heterocycles. The van der Waals surface area contributed by atoms with Crippen LogP contribution in [0.3, 0.4) is 0 Å². The number of carbonyl (C=O) groups excluding carboxylic acids is 3. The molecule has 31 heavy (non-hydrogen) atoms. The molecule has 0 radical (unpaired) electrons. The molecule has 1 aliphatic heterocycles. The molecule has 0 spiro atoms. The van der Waals surface area contributed by atoms with Crippen molar-refractivity contribution >= 4 is 29.1 Å². The lowest BCUT2D eigenvalue weighted by Gasteiger charge is -2.41. The SMILES string of the molecule is CN1C(=O)c2cc(C(=O)NCc3cccs3)nn2C[C@@]1(C)C(=O)NC1CCCCCC1. The first-order chi connectivity index (χ1) is 14.9. The summed E-state index contributed by atoms with van der Waals surface area (Å²) in [5, 5.41) is 12.3. The zero-order valence-corrected chi connectivity index (χ0v) is 18.8. The van der Waals surface area contributed by atoms with Crippen LogP contribution in [0.1, 0.15) is 71.3 Å². The number of hydrogen-bond donors (Lipinski definition) is 2. The molecule has 0 bridgehead atoms. The Balaban J connectivity index is 1.48. The second-order valence-electron chi connectivity index (χ2n) is 8.63. The van der Waals surface area contributed by atoms with Crippen molar-refractivity contribution in [3.05, 3.63) is 39.8 Å². The summed E-state index contributed by atoms with van der Waals surface area (Å²) in [6.07, 6.45) is 6.58. The Hall–Kier alpha value is -2.68. The van der Waals surface area contributed by atoms with E-state index in [-0.39, 0.29) is 36.0 Å². The van der Waals surface area contributed by atoms with Gasteiger partial charge in [0, 0.05) is 24.0 Å². The minimum atomic E-state index is -1.06. The average Bonchev–Trinajstić information content (AvgIpc) is 3.35. The molecule has 2 N–H and O–H groups in total. The smallest absolute Gasteiger partial charge is 0.272 e. The molecule has 1 saturated carbocycles. The van der Waals surface area contributed by atoms with E-state index in [2.05, 4.69) is 15.7 Å². The van der Waals surface area contributed by atoms with Gasteiger partial charge >= 0.3 is 0 Å². The van der Waals surface area contributed by atoms with E-state index in [9.17, 15) is 14.4 Å². The van der Waals surface area contributed by atoms with E-state index in [0.717, 1.165) is 30.6 Å². The fourth-order valence-corrected chi connectivity index (χ4v) is 4.92. The minimum absolute atomic E-state index is 0.146. The summed E-state index contributed by atoms with van der Waals surface area (Å²) in [6.45, 7) is 2.38. The second kappa shape index (κ2) is 8.82. The predicted molar refractivity (Wildman–Crippen MR) is 118 cm³/mol. The van der Waals surface area contributed by atoms with Crippen LogP contribution in [0.2, 0.25) is 0 Å². The van der Waals surface area contributed by atoms with E-state index < -0.39 is 5.54 Å². The molecule has 0 saturated heterocycles. The molecule has 0 aromatic carbocycles. The second-order valence-corrected chi connectivity index (χ2v) is 9.67. The molecular formula is C22H29N5O3S. The van der Waals surface area contributed by atoms with E-state index in [1.54, 1.807) is 25.3 Å². The quantitative estimate of drug-likeness (QED) is 0.694. The highest BCUT2D eigenvalue weighted by molar-refractivity contribution is 7.09. The molecule has 9 heteroatoms. The van der Waals surface area contributed by atoms with Crippen molar-refractivity contribution in [1.82, 2.24) is 25.3 Å². The molecule has 1 fully saturated rings. The van der Waals surface area contributed by atoms with E-state index in [1.165, 1.54) is 28.5 Å². The molecule has 2 aliphatic rings. The number of amides is 3. The Kier molecular flexibility index (Phi) is 6.13. The van der Waals surface area contributed by atoms with Crippen LogP contribution in [0.25, 0.3) is 0 Å². The molecule has 0 unspecified atom stereocenters. The third kappa shape index (κ3) is 4.37. The maximum Gasteiger partial charge on any atom is 0.272 e. The number of thiophene rings is 1. The molecular weight excluding hydrogens is 414 g/mol. The van der Waals surface area contributed by atoms with Crippen molar-refractivity contribution in [2.75, 3.05) is 7.05 Å². The molecule has 2 aromatic rings. The third-order valence-electron chi connectivity index (χ3n) is 6.42. The van der Waals surface area contributed by atoms with Gasteiger partial charge in [-0.05, 0) is 31.2 Å². The van der Waals surface area contributed by atoms with Crippen molar-refractivity contribution in [2.45, 2.75) is 70.1 Å². The standard InChI is InChI=1S/C22H29N5O3S/c1-22(21(30)24-15-8-5-3-4-6-9-15)14-27-18(20(29)26(22)2)12-17(25-27)19(28)23-13-16-10-7-11-31-16/h7,10-12,15H,3-6,8-9,13-14H2,1-2H3,(H,23,28)(H,24,30)/t22-/m0/s1. The highest BCUT2D eigenvalue weighted by Gasteiger charge is 2.46. The van der Waals surface area contributed by atoms with Crippen LogP contribution >= 0.6 is 11.3 Å². The number of nitrogens with zero attached hydrogens (tertiary/aromatic N) is 3. The van der Waals surface area contributed by atoms with Crippen LogP contribution in [-0.4, -0.2) is 51.0 Å². The minimum Gasteiger partial charge on any atom is -0.351 e. The van der Waals surface area contributed by atoms with Crippen LogP contribution < -0.4 is 10.6 Å². The summed E-state index contributed by atoms with van der Waals surface area (Å²) in [7, 11) is 1.64. The maximum absolute atomic E-state index is 13.2. The summed E-state index contributed by atoms with van der Waals surface area (Å²) in [5.74, 6) is -0.815. The molecule has 166 valence electrons. The lowest BCUT2D eigenvalue weighted by Crippen LogP contribution is -2.63. The summed E-state index contributed by atoms with van der Waals surface area (Å²) >= 11 is 1.56. The van der Waals surface area contributed by atoms with Crippen LogP contribution in [0.15, 0.2) is 23.6 Å². The van der Waals surface area contributed by atoms with Crippen LogP contribution in [0.5, 0.6) is 0 Å². The zero-order valence-electron chi connectivity index (χ0n) is 18.0. The fourth-order valence-electron chi connectivity index (χ4n) is 4.27. The number of rotatable bonds is 5. The Morgan fingerprint density at radius 2 is 2.00 bits per heavy atom. The van der Waals surface area contributed by atoms with Gasteiger partial charge in [-0.2, -0.15) is 5.10 Å². The van der Waals surface area contributed by atoms with Crippen LogP contribution in [0.4, 0.5) is 0 Å². The summed E-state index contributed by atoms with van der Waals surface area (Å²) in [4.78, 5) is 41.3. The number of hydrogen-bond acceptors (Lipinski definition) is 5. The van der Waals surface area contributed by atoms with Gasteiger partial charge in [-0.15, -0.1) is 11.3 Å². The predicted octanol–water partition coefficient (Wildman–Crippen LogP) is 2.56. The highest BCUT2D eigenvalue weighted by Crippen LogP contribution is 2.27. The highest BCUT2D eigenvalue weighted by atomic mass is 32.1.